The van der Waals surface area contributed by atoms with Crippen LogP contribution in [0, 0.1) is 6.92 Å². The molecule has 0 aromatic carbocycles. The first kappa shape index (κ1) is 7.53. The number of aromatic nitrogens is 1. The largest absolute Gasteiger partial charge is 0.439 e. The number of carbonyl (C=O) groups excluding carboxylic acids is 1. The van der Waals surface area contributed by atoms with Crippen LogP contribution in [0.15, 0.2) is 4.42 Å². The minimum Gasteiger partial charge on any atom is -0.439 e. The lowest BCUT2D eigenvalue weighted by Crippen LogP contribution is -2.10. The lowest BCUT2D eigenvalue weighted by Gasteiger charge is -2.23. The van der Waals surface area contributed by atoms with Gasteiger partial charge in [0.2, 0.25) is 6.29 Å². The first-order valence-corrected chi connectivity index (χ1v) is 4.24. The van der Waals surface area contributed by atoms with E-state index >= 15 is 0 Å². The van der Waals surface area contributed by atoms with Crippen LogP contribution in [0.25, 0.3) is 0 Å². The van der Waals surface area contributed by atoms with Gasteiger partial charge in [-0.25, -0.2) is 4.98 Å². The maximum Gasteiger partial charge on any atom is 0.260 e. The highest BCUT2D eigenvalue weighted by atomic mass is 16.4. The summed E-state index contributed by atoms with van der Waals surface area (Å²) in [5.41, 5.74) is 0.989. The normalized spacial score (nSPS) is 17.4. The predicted molar refractivity (Wildman–Crippen MR) is 43.2 cm³/mol. The van der Waals surface area contributed by atoms with E-state index in [1.807, 2.05) is 6.92 Å². The highest BCUT2D eigenvalue weighted by Crippen LogP contribution is 2.37. The first-order valence-electron chi connectivity index (χ1n) is 4.24. The van der Waals surface area contributed by atoms with Gasteiger partial charge >= 0.3 is 0 Å². The number of carbonyl (C=O) groups is 1. The van der Waals surface area contributed by atoms with E-state index in [0.29, 0.717) is 12.2 Å². The van der Waals surface area contributed by atoms with Crippen molar-refractivity contribution in [2.75, 3.05) is 0 Å². The standard InChI is InChI=1S/C9H11NO2/c1-6-9(7-3-2-4-7)10-8(5-11)12-6/h5,7H,2-4H2,1H3. The molecular formula is C9H11NO2. The second kappa shape index (κ2) is 2.73. The average molecular weight is 165 g/mol. The number of aldehydes is 1. The third kappa shape index (κ3) is 1.05. The van der Waals surface area contributed by atoms with Gasteiger partial charge in [0.25, 0.3) is 5.89 Å². The number of nitrogens with zero attached hydrogens (tertiary/aromatic N) is 1. The molecule has 0 atom stereocenters. The van der Waals surface area contributed by atoms with E-state index in [0.717, 1.165) is 11.5 Å². The molecule has 0 bridgehead atoms. The molecule has 0 aliphatic heterocycles. The Kier molecular flexibility index (Phi) is 1.71. The van der Waals surface area contributed by atoms with Crippen molar-refractivity contribution in [2.45, 2.75) is 32.1 Å². The van der Waals surface area contributed by atoms with Crippen molar-refractivity contribution >= 4 is 6.29 Å². The maximum absolute atomic E-state index is 10.3. The van der Waals surface area contributed by atoms with Gasteiger partial charge in [0, 0.05) is 5.92 Å². The molecule has 1 aromatic rings. The molecular weight excluding hydrogens is 154 g/mol. The van der Waals surface area contributed by atoms with Gasteiger partial charge in [-0.15, -0.1) is 0 Å². The first-order chi connectivity index (χ1) is 5.81. The number of hydrogen-bond donors (Lipinski definition) is 0. The van der Waals surface area contributed by atoms with Crippen molar-refractivity contribution in [3.8, 4) is 0 Å². The molecule has 0 amide bonds. The SMILES string of the molecule is Cc1oc(C=O)nc1C1CCC1. The van der Waals surface area contributed by atoms with Crippen LogP contribution >= 0.6 is 0 Å². The summed E-state index contributed by atoms with van der Waals surface area (Å²) in [5, 5.41) is 0. The Bertz CT molecular complexity index is 299. The number of hydrogen-bond acceptors (Lipinski definition) is 3. The summed E-state index contributed by atoms with van der Waals surface area (Å²) in [6.07, 6.45) is 4.31. The smallest absolute Gasteiger partial charge is 0.260 e. The summed E-state index contributed by atoms with van der Waals surface area (Å²) in [6, 6.07) is 0. The Balaban J connectivity index is 2.29. The van der Waals surface area contributed by atoms with E-state index in [1.54, 1.807) is 0 Å². The Morgan fingerprint density at radius 3 is 2.75 bits per heavy atom. The fourth-order valence-electron chi connectivity index (χ4n) is 1.54. The van der Waals surface area contributed by atoms with Crippen LogP contribution in [0.2, 0.25) is 0 Å². The van der Waals surface area contributed by atoms with Crippen LogP contribution in [-0.2, 0) is 0 Å². The minimum absolute atomic E-state index is 0.217. The van der Waals surface area contributed by atoms with Crippen molar-refractivity contribution < 1.29 is 9.21 Å². The minimum atomic E-state index is 0.217. The zero-order valence-corrected chi connectivity index (χ0v) is 7.04. The third-order valence-corrected chi connectivity index (χ3v) is 2.44. The highest BCUT2D eigenvalue weighted by molar-refractivity contribution is 5.67. The molecule has 1 aliphatic carbocycles. The van der Waals surface area contributed by atoms with Gasteiger partial charge in [-0.2, -0.15) is 0 Å². The van der Waals surface area contributed by atoms with Crippen LogP contribution in [0.1, 0.15) is 47.3 Å². The van der Waals surface area contributed by atoms with Gasteiger partial charge in [0.05, 0.1) is 5.69 Å². The molecule has 0 saturated heterocycles. The van der Waals surface area contributed by atoms with E-state index < -0.39 is 0 Å². The molecule has 1 aliphatic rings. The van der Waals surface area contributed by atoms with Crippen LogP contribution < -0.4 is 0 Å². The van der Waals surface area contributed by atoms with Gasteiger partial charge in [0.1, 0.15) is 5.76 Å². The van der Waals surface area contributed by atoms with Gasteiger partial charge in [-0.1, -0.05) is 6.42 Å². The average Bonchev–Trinajstić information content (AvgIpc) is 2.29. The van der Waals surface area contributed by atoms with E-state index in [4.69, 9.17) is 4.42 Å². The molecule has 12 heavy (non-hydrogen) atoms. The predicted octanol–water partition coefficient (Wildman–Crippen LogP) is 2.06. The summed E-state index contributed by atoms with van der Waals surface area (Å²) in [4.78, 5) is 14.5. The second-order valence-electron chi connectivity index (χ2n) is 3.24. The molecule has 0 N–H and O–H groups in total. The molecule has 0 radical (unpaired) electrons. The molecule has 3 nitrogen and oxygen atoms in total. The van der Waals surface area contributed by atoms with Crippen LogP contribution in [0.5, 0.6) is 0 Å². The summed E-state index contributed by atoms with van der Waals surface area (Å²) >= 11 is 0. The van der Waals surface area contributed by atoms with Gasteiger partial charge in [-0.3, -0.25) is 4.79 Å². The summed E-state index contributed by atoms with van der Waals surface area (Å²) in [5.74, 6) is 1.57. The van der Waals surface area contributed by atoms with E-state index in [2.05, 4.69) is 4.98 Å². The van der Waals surface area contributed by atoms with Crippen LogP contribution in [0.4, 0.5) is 0 Å². The quantitative estimate of drug-likeness (QED) is 0.630. The van der Waals surface area contributed by atoms with Gasteiger partial charge in [0.15, 0.2) is 0 Å². The molecule has 0 spiro atoms. The molecule has 0 unspecified atom stereocenters. The third-order valence-electron chi connectivity index (χ3n) is 2.44. The van der Waals surface area contributed by atoms with Gasteiger partial charge < -0.3 is 4.42 Å². The maximum atomic E-state index is 10.3. The van der Waals surface area contributed by atoms with Crippen molar-refractivity contribution in [2.24, 2.45) is 0 Å². The van der Waals surface area contributed by atoms with E-state index in [-0.39, 0.29) is 5.89 Å². The second-order valence-corrected chi connectivity index (χ2v) is 3.24. The van der Waals surface area contributed by atoms with E-state index in [1.165, 1.54) is 19.3 Å². The van der Waals surface area contributed by atoms with Crippen molar-refractivity contribution in [3.63, 3.8) is 0 Å². The summed E-state index contributed by atoms with van der Waals surface area (Å²) in [6.45, 7) is 1.87. The molecule has 1 fully saturated rings. The fourth-order valence-corrected chi connectivity index (χ4v) is 1.54. The number of aryl methyl sites for hydroxylation is 1. The lowest BCUT2D eigenvalue weighted by molar-refractivity contribution is 0.109. The van der Waals surface area contributed by atoms with Crippen molar-refractivity contribution in [1.82, 2.24) is 4.98 Å². The van der Waals surface area contributed by atoms with Crippen LogP contribution in [-0.4, -0.2) is 11.3 Å². The molecule has 3 heteroatoms. The summed E-state index contributed by atoms with van der Waals surface area (Å²) in [7, 11) is 0. The Labute approximate surface area is 70.8 Å². The lowest BCUT2D eigenvalue weighted by atomic mass is 9.82. The fraction of sp³-hybridized carbons (Fsp3) is 0.556. The topological polar surface area (TPSA) is 43.1 Å². The Morgan fingerprint density at radius 2 is 2.33 bits per heavy atom. The molecule has 2 rings (SSSR count). The Hall–Kier alpha value is -1.12. The van der Waals surface area contributed by atoms with Crippen molar-refractivity contribution in [1.29, 1.82) is 0 Å². The number of rotatable bonds is 2. The van der Waals surface area contributed by atoms with Gasteiger partial charge in [-0.05, 0) is 19.8 Å². The monoisotopic (exact) mass is 165 g/mol. The zero-order chi connectivity index (χ0) is 8.55. The van der Waals surface area contributed by atoms with E-state index in [9.17, 15) is 4.79 Å². The highest BCUT2D eigenvalue weighted by Gasteiger charge is 2.25. The van der Waals surface area contributed by atoms with Crippen LogP contribution in [0.3, 0.4) is 0 Å². The molecule has 1 aromatic heterocycles. The number of oxazole rings is 1. The molecule has 1 saturated carbocycles. The molecule has 64 valence electrons. The summed E-state index contributed by atoms with van der Waals surface area (Å²) < 4.78 is 5.14. The molecule has 1 heterocycles. The van der Waals surface area contributed by atoms with Crippen molar-refractivity contribution in [3.05, 3.63) is 17.3 Å². The Morgan fingerprint density at radius 1 is 1.58 bits per heavy atom. The zero-order valence-electron chi connectivity index (χ0n) is 7.04.